The van der Waals surface area contributed by atoms with Crippen molar-refractivity contribution in [3.05, 3.63) is 72.5 Å². The Hall–Kier alpha value is -2.57. The molecule has 1 N–H and O–H groups in total. The number of hydrogen-bond acceptors (Lipinski definition) is 2. The van der Waals surface area contributed by atoms with Crippen LogP contribution in [0.5, 0.6) is 0 Å². The molecule has 0 bridgehead atoms. The lowest BCUT2D eigenvalue weighted by Crippen LogP contribution is -2.27. The van der Waals surface area contributed by atoms with Crippen molar-refractivity contribution < 1.29 is 0 Å². The number of aryl methyl sites for hydroxylation is 1. The summed E-state index contributed by atoms with van der Waals surface area (Å²) in [6.45, 7) is 8.58. The van der Waals surface area contributed by atoms with Gasteiger partial charge in [-0.1, -0.05) is 31.4 Å². The highest BCUT2D eigenvalue weighted by Crippen LogP contribution is 2.39. The van der Waals surface area contributed by atoms with Crippen molar-refractivity contribution in [1.82, 2.24) is 9.88 Å². The number of nitriles is 1. The predicted octanol–water partition coefficient (Wildman–Crippen LogP) is 4.96. The van der Waals surface area contributed by atoms with Crippen LogP contribution in [0.15, 0.2) is 61.4 Å². The summed E-state index contributed by atoms with van der Waals surface area (Å²) in [6.07, 6.45) is 12.5. The van der Waals surface area contributed by atoms with Gasteiger partial charge in [-0.3, -0.25) is 0 Å². The van der Waals surface area contributed by atoms with Crippen LogP contribution in [-0.4, -0.2) is 17.2 Å². The molecular weight excluding hydrogens is 318 g/mol. The van der Waals surface area contributed by atoms with Crippen LogP contribution in [0.1, 0.15) is 42.7 Å². The molecule has 1 fully saturated rings. The Morgan fingerprint density at radius 2 is 2.23 bits per heavy atom. The molecule has 2 atom stereocenters. The summed E-state index contributed by atoms with van der Waals surface area (Å²) < 4.78 is 2.18. The molecule has 0 aliphatic heterocycles. The van der Waals surface area contributed by atoms with E-state index in [4.69, 9.17) is 0 Å². The van der Waals surface area contributed by atoms with Crippen molar-refractivity contribution in [3.63, 3.8) is 0 Å². The maximum absolute atomic E-state index is 9.22. The lowest BCUT2D eigenvalue weighted by molar-refractivity contribution is 0.522. The molecule has 0 spiro atoms. The fourth-order valence-corrected chi connectivity index (χ4v) is 4.09. The minimum absolute atomic E-state index is 0.559. The number of allylic oxidation sites excluding steroid dienone is 3. The molecule has 1 aromatic heterocycles. The van der Waals surface area contributed by atoms with Crippen LogP contribution in [0.3, 0.4) is 0 Å². The molecule has 1 aromatic carbocycles. The fourth-order valence-electron chi connectivity index (χ4n) is 4.09. The normalized spacial score (nSPS) is 20.2. The summed E-state index contributed by atoms with van der Waals surface area (Å²) in [5.74, 6) is 0.563. The summed E-state index contributed by atoms with van der Waals surface area (Å²) in [4.78, 5) is 0. The number of aromatic nitrogens is 1. The van der Waals surface area contributed by atoms with Gasteiger partial charge in [0.2, 0.25) is 0 Å². The highest BCUT2D eigenvalue weighted by molar-refractivity contribution is 5.85. The maximum atomic E-state index is 9.22. The molecule has 0 saturated heterocycles. The van der Waals surface area contributed by atoms with E-state index in [1.54, 1.807) is 0 Å². The molecule has 3 rings (SSSR count). The van der Waals surface area contributed by atoms with Crippen LogP contribution in [0.4, 0.5) is 0 Å². The van der Waals surface area contributed by atoms with Gasteiger partial charge in [-0.2, -0.15) is 5.26 Å². The standard InChI is InChI=1S/C23H27N3/c1-4-6-17(5-2)11-12-25-20-9-8-19(14-20)22-16-26(3)23-10-7-18(15-24)13-21(22)23/h4-7,10,13,16,19-20,25H,1-2,8-9,11-12,14H2,3H3/b17-6+. The van der Waals surface area contributed by atoms with Gasteiger partial charge in [-0.05, 0) is 67.5 Å². The van der Waals surface area contributed by atoms with Gasteiger partial charge < -0.3 is 9.88 Å². The first-order valence-electron chi connectivity index (χ1n) is 9.32. The second kappa shape index (κ2) is 8.21. The van der Waals surface area contributed by atoms with Gasteiger partial charge in [0.05, 0.1) is 11.6 Å². The molecule has 1 saturated carbocycles. The average Bonchev–Trinajstić information content (AvgIpc) is 3.25. The zero-order valence-electron chi connectivity index (χ0n) is 15.5. The summed E-state index contributed by atoms with van der Waals surface area (Å²) in [6, 6.07) is 8.83. The molecule has 26 heavy (non-hydrogen) atoms. The number of benzene rings is 1. The highest BCUT2D eigenvalue weighted by Gasteiger charge is 2.27. The molecule has 1 aliphatic rings. The van der Waals surface area contributed by atoms with Crippen molar-refractivity contribution in [2.24, 2.45) is 7.05 Å². The van der Waals surface area contributed by atoms with Crippen LogP contribution in [-0.2, 0) is 7.05 Å². The minimum Gasteiger partial charge on any atom is -0.350 e. The first-order valence-corrected chi connectivity index (χ1v) is 9.32. The van der Waals surface area contributed by atoms with E-state index in [2.05, 4.69) is 48.4 Å². The van der Waals surface area contributed by atoms with Crippen molar-refractivity contribution >= 4 is 10.9 Å². The molecule has 3 nitrogen and oxygen atoms in total. The monoisotopic (exact) mass is 345 g/mol. The van der Waals surface area contributed by atoms with Crippen molar-refractivity contribution in [3.8, 4) is 6.07 Å². The van der Waals surface area contributed by atoms with Crippen LogP contribution >= 0.6 is 0 Å². The Morgan fingerprint density at radius 3 is 2.96 bits per heavy atom. The van der Waals surface area contributed by atoms with E-state index in [1.807, 2.05) is 30.4 Å². The van der Waals surface area contributed by atoms with Gasteiger partial charge in [0.1, 0.15) is 0 Å². The Labute approximate surface area is 156 Å². The summed E-state index contributed by atoms with van der Waals surface area (Å²) in [5.41, 5.74) is 4.56. The van der Waals surface area contributed by atoms with Gasteiger partial charge in [0.25, 0.3) is 0 Å². The molecular formula is C23H27N3. The van der Waals surface area contributed by atoms with Crippen LogP contribution in [0.25, 0.3) is 10.9 Å². The average molecular weight is 345 g/mol. The maximum Gasteiger partial charge on any atom is 0.0991 e. The van der Waals surface area contributed by atoms with E-state index in [-0.39, 0.29) is 0 Å². The van der Waals surface area contributed by atoms with E-state index in [0.717, 1.165) is 24.9 Å². The van der Waals surface area contributed by atoms with E-state index >= 15 is 0 Å². The first kappa shape index (κ1) is 18.2. The van der Waals surface area contributed by atoms with Gasteiger partial charge in [0.15, 0.2) is 0 Å². The Balaban J connectivity index is 1.66. The third kappa shape index (κ3) is 3.81. The van der Waals surface area contributed by atoms with E-state index < -0.39 is 0 Å². The van der Waals surface area contributed by atoms with Crippen LogP contribution in [0.2, 0.25) is 0 Å². The highest BCUT2D eigenvalue weighted by atomic mass is 14.9. The first-order chi connectivity index (χ1) is 12.7. The van der Waals surface area contributed by atoms with Crippen molar-refractivity contribution in [2.75, 3.05) is 6.54 Å². The largest absolute Gasteiger partial charge is 0.350 e. The Bertz CT molecular complexity index is 879. The van der Waals surface area contributed by atoms with Gasteiger partial charge in [0, 0.05) is 30.2 Å². The molecule has 0 amide bonds. The predicted molar refractivity (Wildman–Crippen MR) is 109 cm³/mol. The van der Waals surface area contributed by atoms with E-state index in [0.29, 0.717) is 12.0 Å². The lowest BCUT2D eigenvalue weighted by atomic mass is 9.96. The number of rotatable bonds is 7. The topological polar surface area (TPSA) is 40.8 Å². The second-order valence-electron chi connectivity index (χ2n) is 7.13. The quantitative estimate of drug-likeness (QED) is 0.720. The van der Waals surface area contributed by atoms with Crippen LogP contribution in [0, 0.1) is 11.3 Å². The zero-order chi connectivity index (χ0) is 18.5. The molecule has 2 aromatic rings. The van der Waals surface area contributed by atoms with Crippen LogP contribution < -0.4 is 5.32 Å². The summed E-state index contributed by atoms with van der Waals surface area (Å²) in [7, 11) is 2.09. The number of nitrogens with zero attached hydrogens (tertiary/aromatic N) is 2. The van der Waals surface area contributed by atoms with Gasteiger partial charge >= 0.3 is 0 Å². The lowest BCUT2D eigenvalue weighted by Gasteiger charge is -2.13. The Morgan fingerprint density at radius 1 is 1.38 bits per heavy atom. The third-order valence-electron chi connectivity index (χ3n) is 5.46. The fraction of sp³-hybridized carbons (Fsp3) is 0.348. The SMILES string of the molecule is C=C/C=C(\C=C)CCNC1CCC(c2cn(C)c3ccc(C#N)cc23)C1. The number of fused-ring (bicyclic) bond motifs is 1. The second-order valence-corrected chi connectivity index (χ2v) is 7.13. The van der Waals surface area contributed by atoms with Crippen molar-refractivity contribution in [1.29, 1.82) is 5.26 Å². The third-order valence-corrected chi connectivity index (χ3v) is 5.46. The number of hydrogen-bond donors (Lipinski definition) is 1. The molecule has 0 radical (unpaired) electrons. The van der Waals surface area contributed by atoms with E-state index in [9.17, 15) is 5.26 Å². The number of nitrogens with one attached hydrogen (secondary N) is 1. The zero-order valence-corrected chi connectivity index (χ0v) is 15.5. The Kier molecular flexibility index (Phi) is 5.75. The van der Waals surface area contributed by atoms with Gasteiger partial charge in [-0.25, -0.2) is 0 Å². The smallest absolute Gasteiger partial charge is 0.0991 e. The van der Waals surface area contributed by atoms with Gasteiger partial charge in [-0.15, -0.1) is 0 Å². The molecule has 134 valence electrons. The summed E-state index contributed by atoms with van der Waals surface area (Å²) in [5, 5.41) is 14.2. The van der Waals surface area contributed by atoms with Crippen molar-refractivity contribution in [2.45, 2.75) is 37.6 Å². The molecule has 3 heteroatoms. The molecule has 2 unspecified atom stereocenters. The summed E-state index contributed by atoms with van der Waals surface area (Å²) >= 11 is 0. The van der Waals surface area contributed by atoms with E-state index in [1.165, 1.54) is 34.9 Å². The molecule has 1 heterocycles. The minimum atomic E-state index is 0.559. The molecule has 1 aliphatic carbocycles.